The van der Waals surface area contributed by atoms with Crippen LogP contribution in [-0.4, -0.2) is 52.9 Å². The summed E-state index contributed by atoms with van der Waals surface area (Å²) in [6, 6.07) is 7.01. The second kappa shape index (κ2) is 8.89. The molecule has 1 aliphatic heterocycles. The zero-order chi connectivity index (χ0) is 21.0. The van der Waals surface area contributed by atoms with E-state index in [1.54, 1.807) is 50.1 Å². The number of carbonyl (C=O) groups excluding carboxylic acids is 2. The number of piperidine rings is 1. The zero-order valence-electron chi connectivity index (χ0n) is 16.9. The molecule has 0 spiro atoms. The molecule has 29 heavy (non-hydrogen) atoms. The number of likely N-dealkylation sites (tertiary alicyclic amines) is 1. The third-order valence-electron chi connectivity index (χ3n) is 5.18. The highest BCUT2D eigenvalue weighted by molar-refractivity contribution is 5.94. The van der Waals surface area contributed by atoms with E-state index in [1.165, 1.54) is 0 Å². The summed E-state index contributed by atoms with van der Waals surface area (Å²) >= 11 is 0. The van der Waals surface area contributed by atoms with Crippen LogP contribution < -0.4 is 15.6 Å². The molecule has 8 nitrogen and oxygen atoms in total. The molecule has 1 aromatic heterocycles. The SMILES string of the molecule is COc1cccc(C(=O)NC2CCN(C(=O)Cc3c(C)nc(C)[nH]c3=O)CC2)c1. The van der Waals surface area contributed by atoms with E-state index >= 15 is 0 Å². The lowest BCUT2D eigenvalue weighted by molar-refractivity contribution is -0.131. The number of nitrogens with one attached hydrogen (secondary N) is 2. The van der Waals surface area contributed by atoms with Crippen LogP contribution in [0, 0.1) is 13.8 Å². The summed E-state index contributed by atoms with van der Waals surface area (Å²) in [6.45, 7) is 4.53. The van der Waals surface area contributed by atoms with Gasteiger partial charge in [0.25, 0.3) is 11.5 Å². The van der Waals surface area contributed by atoms with Crippen LogP contribution in [0.25, 0.3) is 0 Å². The number of aromatic nitrogens is 2. The summed E-state index contributed by atoms with van der Waals surface area (Å²) in [4.78, 5) is 45.8. The number of H-pyrrole nitrogens is 1. The molecule has 1 fully saturated rings. The van der Waals surface area contributed by atoms with Crippen LogP contribution in [0.2, 0.25) is 0 Å². The number of hydrogen-bond acceptors (Lipinski definition) is 5. The van der Waals surface area contributed by atoms with Crippen LogP contribution in [0.3, 0.4) is 0 Å². The minimum absolute atomic E-state index is 0.00364. The standard InChI is InChI=1S/C21H26N4O4/c1-13-18(21(28)23-14(2)22-13)12-19(26)25-9-7-16(8-10-25)24-20(27)15-5-4-6-17(11-15)29-3/h4-6,11,16H,7-10,12H2,1-3H3,(H,24,27)(H,22,23,28). The van der Waals surface area contributed by atoms with Gasteiger partial charge in [0.1, 0.15) is 11.6 Å². The maximum absolute atomic E-state index is 12.6. The average molecular weight is 398 g/mol. The van der Waals surface area contributed by atoms with Gasteiger partial charge in [-0.05, 0) is 44.9 Å². The number of ether oxygens (including phenoxy) is 1. The fraction of sp³-hybridized carbons (Fsp3) is 0.429. The van der Waals surface area contributed by atoms with Gasteiger partial charge in [-0.3, -0.25) is 14.4 Å². The Balaban J connectivity index is 1.54. The molecule has 2 aromatic rings. The number of carbonyl (C=O) groups is 2. The molecule has 8 heteroatoms. The smallest absolute Gasteiger partial charge is 0.254 e. The topological polar surface area (TPSA) is 104 Å². The molecular formula is C21H26N4O4. The van der Waals surface area contributed by atoms with Crippen LogP contribution in [0.1, 0.15) is 40.3 Å². The van der Waals surface area contributed by atoms with Crippen molar-refractivity contribution in [1.82, 2.24) is 20.2 Å². The number of rotatable bonds is 5. The highest BCUT2D eigenvalue weighted by Crippen LogP contribution is 2.15. The number of methoxy groups -OCH3 is 1. The number of aryl methyl sites for hydroxylation is 2. The quantitative estimate of drug-likeness (QED) is 0.791. The van der Waals surface area contributed by atoms with E-state index in [9.17, 15) is 14.4 Å². The second-order valence-electron chi connectivity index (χ2n) is 7.25. The minimum Gasteiger partial charge on any atom is -0.497 e. The van der Waals surface area contributed by atoms with Gasteiger partial charge in [-0.25, -0.2) is 4.98 Å². The predicted molar refractivity (Wildman–Crippen MR) is 108 cm³/mol. The van der Waals surface area contributed by atoms with Crippen molar-refractivity contribution in [2.24, 2.45) is 0 Å². The summed E-state index contributed by atoms with van der Waals surface area (Å²) in [5.41, 5.74) is 1.28. The third kappa shape index (κ3) is 5.01. The molecule has 2 N–H and O–H groups in total. The monoisotopic (exact) mass is 398 g/mol. The first-order valence-electron chi connectivity index (χ1n) is 9.66. The fourth-order valence-corrected chi connectivity index (χ4v) is 3.53. The second-order valence-corrected chi connectivity index (χ2v) is 7.25. The van der Waals surface area contributed by atoms with Gasteiger partial charge >= 0.3 is 0 Å². The molecule has 3 rings (SSSR count). The lowest BCUT2D eigenvalue weighted by atomic mass is 10.0. The van der Waals surface area contributed by atoms with Gasteiger partial charge in [-0.15, -0.1) is 0 Å². The molecule has 0 radical (unpaired) electrons. The lowest BCUT2D eigenvalue weighted by Gasteiger charge is -2.32. The first-order valence-corrected chi connectivity index (χ1v) is 9.66. The van der Waals surface area contributed by atoms with Crippen molar-refractivity contribution in [2.75, 3.05) is 20.2 Å². The highest BCUT2D eigenvalue weighted by Gasteiger charge is 2.25. The number of amides is 2. The van der Waals surface area contributed by atoms with Gasteiger partial charge in [0.05, 0.1) is 13.5 Å². The Kier molecular flexibility index (Phi) is 6.31. The van der Waals surface area contributed by atoms with E-state index in [1.807, 2.05) is 0 Å². The Morgan fingerprint density at radius 3 is 2.66 bits per heavy atom. The maximum atomic E-state index is 12.6. The Morgan fingerprint density at radius 1 is 1.28 bits per heavy atom. The first-order chi connectivity index (χ1) is 13.9. The van der Waals surface area contributed by atoms with E-state index in [0.717, 1.165) is 0 Å². The Bertz CT molecular complexity index is 961. The minimum atomic E-state index is -0.260. The molecule has 1 aromatic carbocycles. The normalized spacial score (nSPS) is 14.5. The van der Waals surface area contributed by atoms with Crippen molar-refractivity contribution in [2.45, 2.75) is 39.2 Å². The molecule has 0 unspecified atom stereocenters. The van der Waals surface area contributed by atoms with Gasteiger partial charge in [0.2, 0.25) is 5.91 Å². The zero-order valence-corrected chi connectivity index (χ0v) is 16.9. The number of benzene rings is 1. The molecule has 2 amide bonds. The fourth-order valence-electron chi connectivity index (χ4n) is 3.53. The van der Waals surface area contributed by atoms with Crippen LogP contribution in [0.5, 0.6) is 5.75 Å². The van der Waals surface area contributed by atoms with Gasteiger partial charge in [0.15, 0.2) is 0 Å². The number of aromatic amines is 1. The van der Waals surface area contributed by atoms with Crippen molar-refractivity contribution in [1.29, 1.82) is 0 Å². The van der Waals surface area contributed by atoms with Crippen LogP contribution in [0.4, 0.5) is 0 Å². The Morgan fingerprint density at radius 2 is 2.00 bits per heavy atom. The average Bonchev–Trinajstić information content (AvgIpc) is 2.71. The van der Waals surface area contributed by atoms with E-state index in [0.29, 0.717) is 54.3 Å². The van der Waals surface area contributed by atoms with Gasteiger partial charge in [-0.2, -0.15) is 0 Å². The number of hydrogen-bond donors (Lipinski definition) is 2. The Hall–Kier alpha value is -3.16. The molecular weight excluding hydrogens is 372 g/mol. The van der Waals surface area contributed by atoms with Crippen molar-refractivity contribution in [3.8, 4) is 5.75 Å². The molecule has 0 aliphatic carbocycles. The van der Waals surface area contributed by atoms with Crippen molar-refractivity contribution in [3.05, 3.63) is 57.3 Å². The molecule has 1 aliphatic rings. The lowest BCUT2D eigenvalue weighted by Crippen LogP contribution is -2.47. The van der Waals surface area contributed by atoms with E-state index < -0.39 is 0 Å². The van der Waals surface area contributed by atoms with Gasteiger partial charge in [0, 0.05) is 36.0 Å². The summed E-state index contributed by atoms with van der Waals surface area (Å²) in [5.74, 6) is 0.925. The molecule has 1 saturated heterocycles. The third-order valence-corrected chi connectivity index (χ3v) is 5.18. The number of nitrogens with zero attached hydrogens (tertiary/aromatic N) is 2. The van der Waals surface area contributed by atoms with E-state index in [4.69, 9.17) is 4.74 Å². The molecule has 154 valence electrons. The predicted octanol–water partition coefficient (Wildman–Crippen LogP) is 1.36. The summed E-state index contributed by atoms with van der Waals surface area (Å²) < 4.78 is 5.15. The summed E-state index contributed by atoms with van der Waals surface area (Å²) in [5, 5.41) is 3.02. The summed E-state index contributed by atoms with van der Waals surface area (Å²) in [6.07, 6.45) is 1.38. The molecule has 2 heterocycles. The van der Waals surface area contributed by atoms with Crippen LogP contribution >= 0.6 is 0 Å². The Labute approximate surface area is 169 Å². The van der Waals surface area contributed by atoms with Crippen molar-refractivity contribution >= 4 is 11.8 Å². The molecule has 0 bridgehead atoms. The summed E-state index contributed by atoms with van der Waals surface area (Å²) in [7, 11) is 1.56. The largest absolute Gasteiger partial charge is 0.497 e. The van der Waals surface area contributed by atoms with Gasteiger partial charge in [-0.1, -0.05) is 6.07 Å². The van der Waals surface area contributed by atoms with E-state index in [2.05, 4.69) is 15.3 Å². The van der Waals surface area contributed by atoms with Gasteiger partial charge < -0.3 is 19.9 Å². The van der Waals surface area contributed by atoms with Crippen LogP contribution in [0.15, 0.2) is 29.1 Å². The first kappa shape index (κ1) is 20.6. The van der Waals surface area contributed by atoms with E-state index in [-0.39, 0.29) is 29.8 Å². The van der Waals surface area contributed by atoms with Crippen molar-refractivity contribution < 1.29 is 14.3 Å². The molecule has 0 saturated carbocycles. The highest BCUT2D eigenvalue weighted by atomic mass is 16.5. The maximum Gasteiger partial charge on any atom is 0.254 e. The molecule has 0 atom stereocenters. The van der Waals surface area contributed by atoms with Crippen molar-refractivity contribution in [3.63, 3.8) is 0 Å². The van der Waals surface area contributed by atoms with Crippen LogP contribution in [-0.2, 0) is 11.2 Å².